The molecule has 0 fully saturated rings. The van der Waals surface area contributed by atoms with Crippen LogP contribution in [-0.2, 0) is 10.0 Å². The molecule has 0 aliphatic carbocycles. The van der Waals surface area contributed by atoms with Crippen LogP contribution >= 0.6 is 0 Å². The summed E-state index contributed by atoms with van der Waals surface area (Å²) in [5, 5.41) is 14.0. The molecule has 120 valence electrons. The Bertz CT molecular complexity index is 700. The molecule has 1 aliphatic rings. The fraction of sp³-hybridized carbons (Fsp3) is 0.385. The van der Waals surface area contributed by atoms with E-state index in [1.807, 2.05) is 6.08 Å². The van der Waals surface area contributed by atoms with Gasteiger partial charge in [-0.25, -0.2) is 13.1 Å². The van der Waals surface area contributed by atoms with Gasteiger partial charge in [-0.2, -0.15) is 0 Å². The predicted molar refractivity (Wildman–Crippen MR) is 80.4 cm³/mol. The van der Waals surface area contributed by atoms with Crippen LogP contribution in [0.3, 0.4) is 0 Å². The van der Waals surface area contributed by atoms with Gasteiger partial charge >= 0.3 is 0 Å². The molecule has 1 aromatic rings. The molecular weight excluding hydrogens is 310 g/mol. The van der Waals surface area contributed by atoms with Gasteiger partial charge in [-0.1, -0.05) is 11.6 Å². The summed E-state index contributed by atoms with van der Waals surface area (Å²) >= 11 is 0. The molecular formula is C13H17N3O5S. The highest BCUT2D eigenvalue weighted by Crippen LogP contribution is 2.28. The van der Waals surface area contributed by atoms with Crippen LogP contribution in [0.2, 0.25) is 0 Å². The SMILES string of the molecule is COc1ccc([N+](=O)[O-])cc1S(=O)(=O)NCC1=CCNCC1. The predicted octanol–water partition coefficient (Wildman–Crippen LogP) is 0.801. The molecule has 0 unspecified atom stereocenters. The molecule has 0 spiro atoms. The molecule has 0 saturated carbocycles. The number of nitro groups is 1. The topological polar surface area (TPSA) is 111 Å². The number of methoxy groups -OCH3 is 1. The normalized spacial score (nSPS) is 15.2. The van der Waals surface area contributed by atoms with E-state index in [-0.39, 0.29) is 22.9 Å². The molecule has 0 atom stereocenters. The Morgan fingerprint density at radius 1 is 1.45 bits per heavy atom. The number of rotatable bonds is 6. The minimum absolute atomic E-state index is 0.0670. The third-order valence-corrected chi connectivity index (χ3v) is 4.72. The maximum absolute atomic E-state index is 12.4. The third-order valence-electron chi connectivity index (χ3n) is 3.29. The molecule has 0 bridgehead atoms. The van der Waals surface area contributed by atoms with Crippen molar-refractivity contribution >= 4 is 15.7 Å². The van der Waals surface area contributed by atoms with E-state index in [0.717, 1.165) is 24.6 Å². The van der Waals surface area contributed by atoms with E-state index >= 15 is 0 Å². The standard InChI is InChI=1S/C13H17N3O5S/c1-21-12-3-2-11(16(17)18)8-13(12)22(19,20)15-9-10-4-6-14-7-5-10/h2-4,8,14-15H,5-7,9H2,1H3. The maximum Gasteiger partial charge on any atom is 0.271 e. The molecule has 0 aromatic heterocycles. The first-order valence-corrected chi connectivity index (χ1v) is 8.13. The zero-order chi connectivity index (χ0) is 16.2. The minimum atomic E-state index is -3.90. The van der Waals surface area contributed by atoms with Gasteiger partial charge in [-0.05, 0) is 19.0 Å². The first kappa shape index (κ1) is 16.4. The van der Waals surface area contributed by atoms with Gasteiger partial charge in [0.25, 0.3) is 5.69 Å². The van der Waals surface area contributed by atoms with Crippen molar-refractivity contribution in [2.45, 2.75) is 11.3 Å². The molecule has 1 aliphatic heterocycles. The summed E-state index contributed by atoms with van der Waals surface area (Å²) < 4.78 is 32.2. The van der Waals surface area contributed by atoms with Crippen molar-refractivity contribution in [2.75, 3.05) is 26.7 Å². The Hall–Kier alpha value is -1.97. The van der Waals surface area contributed by atoms with E-state index in [0.29, 0.717) is 6.54 Å². The van der Waals surface area contributed by atoms with Gasteiger partial charge in [-0.15, -0.1) is 0 Å². The van der Waals surface area contributed by atoms with Crippen molar-refractivity contribution in [3.05, 3.63) is 40.0 Å². The van der Waals surface area contributed by atoms with Crippen LogP contribution in [0, 0.1) is 10.1 Å². The molecule has 2 rings (SSSR count). The van der Waals surface area contributed by atoms with Crippen molar-refractivity contribution in [1.29, 1.82) is 0 Å². The molecule has 0 saturated heterocycles. The number of nitrogens with zero attached hydrogens (tertiary/aromatic N) is 1. The molecule has 0 radical (unpaired) electrons. The van der Waals surface area contributed by atoms with E-state index in [1.165, 1.54) is 19.2 Å². The molecule has 8 nitrogen and oxygen atoms in total. The van der Waals surface area contributed by atoms with Gasteiger partial charge in [0.15, 0.2) is 0 Å². The van der Waals surface area contributed by atoms with Crippen LogP contribution in [-0.4, -0.2) is 40.1 Å². The number of ether oxygens (including phenoxy) is 1. The second-order valence-electron chi connectivity index (χ2n) is 4.73. The fourth-order valence-electron chi connectivity index (χ4n) is 2.08. The van der Waals surface area contributed by atoms with Gasteiger partial charge in [0.2, 0.25) is 10.0 Å². The lowest BCUT2D eigenvalue weighted by molar-refractivity contribution is -0.385. The highest BCUT2D eigenvalue weighted by molar-refractivity contribution is 7.89. The Labute approximate surface area is 128 Å². The summed E-state index contributed by atoms with van der Waals surface area (Å²) in [5.41, 5.74) is 0.675. The summed E-state index contributed by atoms with van der Waals surface area (Å²) in [4.78, 5) is 9.94. The number of sulfonamides is 1. The van der Waals surface area contributed by atoms with Gasteiger partial charge in [0, 0.05) is 25.2 Å². The fourth-order valence-corrected chi connectivity index (χ4v) is 3.31. The van der Waals surface area contributed by atoms with Crippen molar-refractivity contribution in [2.24, 2.45) is 0 Å². The van der Waals surface area contributed by atoms with Gasteiger partial charge in [-0.3, -0.25) is 10.1 Å². The van der Waals surface area contributed by atoms with Crippen LogP contribution in [0.25, 0.3) is 0 Å². The minimum Gasteiger partial charge on any atom is -0.495 e. The third kappa shape index (κ3) is 3.81. The van der Waals surface area contributed by atoms with Crippen molar-refractivity contribution < 1.29 is 18.1 Å². The van der Waals surface area contributed by atoms with Crippen LogP contribution in [0.15, 0.2) is 34.7 Å². The average Bonchev–Trinajstić information content (AvgIpc) is 2.53. The summed E-state index contributed by atoms with van der Waals surface area (Å²) in [6, 6.07) is 3.47. The van der Waals surface area contributed by atoms with Crippen molar-refractivity contribution in [3.63, 3.8) is 0 Å². The van der Waals surface area contributed by atoms with E-state index < -0.39 is 14.9 Å². The summed E-state index contributed by atoms with van der Waals surface area (Å²) in [6.07, 6.45) is 2.69. The average molecular weight is 327 g/mol. The number of hydrogen-bond donors (Lipinski definition) is 2. The van der Waals surface area contributed by atoms with Gasteiger partial charge in [0.05, 0.1) is 12.0 Å². The zero-order valence-corrected chi connectivity index (χ0v) is 12.9. The van der Waals surface area contributed by atoms with E-state index in [2.05, 4.69) is 10.0 Å². The largest absolute Gasteiger partial charge is 0.495 e. The second-order valence-corrected chi connectivity index (χ2v) is 6.47. The summed E-state index contributed by atoms with van der Waals surface area (Å²) in [5.74, 6) is 0.0670. The lowest BCUT2D eigenvalue weighted by Gasteiger charge is -2.15. The first-order chi connectivity index (χ1) is 10.4. The van der Waals surface area contributed by atoms with E-state index in [4.69, 9.17) is 4.74 Å². The van der Waals surface area contributed by atoms with Crippen LogP contribution < -0.4 is 14.8 Å². The lowest BCUT2D eigenvalue weighted by Crippen LogP contribution is -2.30. The number of nitrogens with one attached hydrogen (secondary N) is 2. The monoisotopic (exact) mass is 327 g/mol. The van der Waals surface area contributed by atoms with E-state index in [1.54, 1.807) is 0 Å². The summed E-state index contributed by atoms with van der Waals surface area (Å²) in [6.45, 7) is 1.68. The number of non-ortho nitro benzene ring substituents is 1. The molecule has 0 amide bonds. The smallest absolute Gasteiger partial charge is 0.271 e. The number of hydrogen-bond acceptors (Lipinski definition) is 6. The van der Waals surface area contributed by atoms with Gasteiger partial charge in [0.1, 0.15) is 10.6 Å². The van der Waals surface area contributed by atoms with Crippen LogP contribution in [0.4, 0.5) is 5.69 Å². The number of nitro benzene ring substituents is 1. The molecule has 2 N–H and O–H groups in total. The number of benzene rings is 1. The van der Waals surface area contributed by atoms with E-state index in [9.17, 15) is 18.5 Å². The van der Waals surface area contributed by atoms with Crippen LogP contribution in [0.5, 0.6) is 5.75 Å². The Morgan fingerprint density at radius 2 is 2.23 bits per heavy atom. The lowest BCUT2D eigenvalue weighted by atomic mass is 10.1. The highest BCUT2D eigenvalue weighted by Gasteiger charge is 2.23. The first-order valence-electron chi connectivity index (χ1n) is 6.65. The molecule has 22 heavy (non-hydrogen) atoms. The molecule has 9 heteroatoms. The maximum atomic E-state index is 12.4. The Balaban J connectivity index is 2.25. The highest BCUT2D eigenvalue weighted by atomic mass is 32.2. The van der Waals surface area contributed by atoms with Crippen molar-refractivity contribution in [3.8, 4) is 5.75 Å². The zero-order valence-electron chi connectivity index (χ0n) is 12.0. The molecule has 1 aromatic carbocycles. The Morgan fingerprint density at radius 3 is 2.82 bits per heavy atom. The van der Waals surface area contributed by atoms with Crippen LogP contribution in [0.1, 0.15) is 6.42 Å². The second kappa shape index (κ2) is 6.86. The quantitative estimate of drug-likeness (QED) is 0.454. The summed E-state index contributed by atoms with van der Waals surface area (Å²) in [7, 11) is -2.58. The van der Waals surface area contributed by atoms with Crippen molar-refractivity contribution in [1.82, 2.24) is 10.0 Å². The Kier molecular flexibility index (Phi) is 5.11. The van der Waals surface area contributed by atoms with Gasteiger partial charge < -0.3 is 10.1 Å². The molecule has 1 heterocycles.